The third-order valence-electron chi connectivity index (χ3n) is 0.609. The van der Waals surface area contributed by atoms with Crippen molar-refractivity contribution in [1.82, 2.24) is 5.43 Å². The molecule has 0 spiro atoms. The van der Waals surface area contributed by atoms with Crippen molar-refractivity contribution in [3.8, 4) is 0 Å². The Kier molecular flexibility index (Phi) is 3.98. The van der Waals surface area contributed by atoms with Crippen LogP contribution in [0.3, 0.4) is 0 Å². The van der Waals surface area contributed by atoms with E-state index in [1.165, 1.54) is 0 Å². The van der Waals surface area contributed by atoms with Crippen LogP contribution in [-0.2, 0) is 0 Å². The van der Waals surface area contributed by atoms with Gasteiger partial charge in [-0.15, -0.1) is 0 Å². The average Bonchev–Trinajstić information content (AvgIpc) is 1.61. The fraction of sp³-hybridized carbons (Fsp3) is 1.00. The zero-order valence-corrected chi connectivity index (χ0v) is 4.77. The van der Waals surface area contributed by atoms with Crippen molar-refractivity contribution in [2.45, 2.75) is 13.8 Å². The van der Waals surface area contributed by atoms with Gasteiger partial charge in [-0.05, 0) is 5.92 Å². The van der Waals surface area contributed by atoms with E-state index >= 15 is 0 Å². The van der Waals surface area contributed by atoms with Crippen LogP contribution in [0.1, 0.15) is 13.8 Å². The van der Waals surface area contributed by atoms with Gasteiger partial charge < -0.3 is 10.8 Å². The largest absolute Gasteiger partial charge is 0.615 e. The second-order valence-corrected chi connectivity index (χ2v) is 1.92. The Balaban J connectivity index is 2.68. The van der Waals surface area contributed by atoms with Gasteiger partial charge in [0.05, 0.1) is 0 Å². The first-order chi connectivity index (χ1) is 3.27. The third-order valence-corrected chi connectivity index (χ3v) is 0.609. The molecular weight excluding hydrogens is 92.1 g/mol. The van der Waals surface area contributed by atoms with Crippen LogP contribution in [0.25, 0.3) is 0 Å². The Hall–Kier alpha value is -0.120. The molecule has 0 aliphatic heterocycles. The van der Waals surface area contributed by atoms with Crippen LogP contribution >= 0.6 is 0 Å². The molecule has 0 aromatic carbocycles. The lowest BCUT2D eigenvalue weighted by Crippen LogP contribution is -2.88. The minimum atomic E-state index is 0.560. The van der Waals surface area contributed by atoms with E-state index in [1.54, 1.807) is 0 Å². The van der Waals surface area contributed by atoms with Gasteiger partial charge in [-0.1, -0.05) is 13.8 Å². The first-order valence-electron chi connectivity index (χ1n) is 2.44. The molecule has 0 atom stereocenters. The highest BCUT2D eigenvalue weighted by Gasteiger charge is 1.88. The molecular formula is C4H12N2O. The highest BCUT2D eigenvalue weighted by Crippen LogP contribution is 1.83. The Morgan fingerprint density at radius 1 is 1.71 bits per heavy atom. The molecule has 0 fully saturated rings. The molecule has 0 bridgehead atoms. The lowest BCUT2D eigenvalue weighted by molar-refractivity contribution is -0.650. The van der Waals surface area contributed by atoms with E-state index in [0.717, 1.165) is 12.1 Å². The van der Waals surface area contributed by atoms with Crippen LogP contribution in [0.15, 0.2) is 0 Å². The molecule has 0 unspecified atom stereocenters. The molecule has 0 saturated carbocycles. The van der Waals surface area contributed by atoms with Crippen LogP contribution in [0, 0.1) is 11.1 Å². The molecule has 0 aromatic rings. The standard InChI is InChI=1S/C4H12N2O/c1-4(2)3-5-6-7/h4-5H,3,6H2,1-2H3. The normalized spacial score (nSPS) is 10.3. The molecule has 0 aliphatic rings. The molecule has 3 nitrogen and oxygen atoms in total. The smallest absolute Gasteiger partial charge is 0.0470 e. The topological polar surface area (TPSA) is 51.7 Å². The van der Waals surface area contributed by atoms with E-state index in [0.29, 0.717) is 5.92 Å². The summed E-state index contributed by atoms with van der Waals surface area (Å²) in [5.74, 6) is 0.560. The highest BCUT2D eigenvalue weighted by molar-refractivity contribution is 4.39. The van der Waals surface area contributed by atoms with Crippen molar-refractivity contribution < 1.29 is 5.59 Å². The predicted molar refractivity (Wildman–Crippen MR) is 28.1 cm³/mol. The average molecular weight is 104 g/mol. The highest BCUT2D eigenvalue weighted by atomic mass is 16.5. The Morgan fingerprint density at radius 2 is 2.29 bits per heavy atom. The summed E-state index contributed by atoms with van der Waals surface area (Å²) in [7, 11) is 0. The molecule has 0 saturated heterocycles. The van der Waals surface area contributed by atoms with Gasteiger partial charge in [0.2, 0.25) is 0 Å². The van der Waals surface area contributed by atoms with E-state index in [2.05, 4.69) is 19.3 Å². The van der Waals surface area contributed by atoms with Crippen LogP contribution in [0.2, 0.25) is 0 Å². The second kappa shape index (κ2) is 4.05. The lowest BCUT2D eigenvalue weighted by atomic mass is 10.2. The van der Waals surface area contributed by atoms with E-state index in [4.69, 9.17) is 0 Å². The molecule has 0 radical (unpaired) electrons. The molecule has 0 rings (SSSR count). The first-order valence-corrected chi connectivity index (χ1v) is 2.44. The van der Waals surface area contributed by atoms with Crippen molar-refractivity contribution in [1.29, 1.82) is 0 Å². The van der Waals surface area contributed by atoms with Gasteiger partial charge in [0.15, 0.2) is 0 Å². The van der Waals surface area contributed by atoms with Crippen molar-refractivity contribution in [2.75, 3.05) is 6.54 Å². The maximum atomic E-state index is 9.60. The van der Waals surface area contributed by atoms with Gasteiger partial charge in [0.1, 0.15) is 0 Å². The van der Waals surface area contributed by atoms with Gasteiger partial charge in [0.25, 0.3) is 0 Å². The lowest BCUT2D eigenvalue weighted by Gasteiger charge is -2.04. The molecule has 3 heteroatoms. The predicted octanol–water partition coefficient (Wildman–Crippen LogP) is -0.792. The summed E-state index contributed by atoms with van der Waals surface area (Å²) in [6.45, 7) is 4.89. The maximum absolute atomic E-state index is 9.60. The zero-order valence-electron chi connectivity index (χ0n) is 4.77. The van der Waals surface area contributed by atoms with Crippen molar-refractivity contribution in [2.24, 2.45) is 5.92 Å². The first kappa shape index (κ1) is 6.88. The van der Waals surface area contributed by atoms with Crippen LogP contribution in [0.5, 0.6) is 0 Å². The van der Waals surface area contributed by atoms with E-state index in [9.17, 15) is 5.21 Å². The summed E-state index contributed by atoms with van der Waals surface area (Å²) in [6, 6.07) is 0. The van der Waals surface area contributed by atoms with E-state index in [1.807, 2.05) is 0 Å². The number of hydrogen-bond acceptors (Lipinski definition) is 2. The van der Waals surface area contributed by atoms with Crippen molar-refractivity contribution in [3.05, 3.63) is 5.21 Å². The molecule has 0 amide bonds. The number of quaternary nitrogens is 1. The number of nitrogens with one attached hydrogen (secondary N) is 1. The van der Waals surface area contributed by atoms with E-state index < -0.39 is 0 Å². The quantitative estimate of drug-likeness (QED) is 0.364. The summed E-state index contributed by atoms with van der Waals surface area (Å²) >= 11 is 0. The Labute approximate surface area is 43.7 Å². The minimum absolute atomic E-state index is 0.560. The van der Waals surface area contributed by atoms with Gasteiger partial charge in [-0.25, -0.2) is 0 Å². The maximum Gasteiger partial charge on any atom is 0.0470 e. The minimum Gasteiger partial charge on any atom is -0.615 e. The summed E-state index contributed by atoms with van der Waals surface area (Å²) in [5.41, 5.74) is 3.29. The fourth-order valence-electron chi connectivity index (χ4n) is 0.284. The Morgan fingerprint density at radius 3 is 2.43 bits per heavy atom. The molecule has 0 aliphatic carbocycles. The molecule has 0 heterocycles. The molecule has 44 valence electrons. The summed E-state index contributed by atoms with van der Waals surface area (Å²) in [4.78, 5) is 0. The number of hydrogen-bond donors (Lipinski definition) is 2. The monoisotopic (exact) mass is 104 g/mol. The van der Waals surface area contributed by atoms with Crippen LogP contribution < -0.4 is 11.0 Å². The van der Waals surface area contributed by atoms with Gasteiger partial charge in [-0.3, -0.25) is 0 Å². The Bertz CT molecular complexity index is 38.7. The van der Waals surface area contributed by atoms with Crippen LogP contribution in [0.4, 0.5) is 0 Å². The second-order valence-electron chi connectivity index (χ2n) is 1.92. The van der Waals surface area contributed by atoms with Crippen LogP contribution in [-0.4, -0.2) is 6.54 Å². The number of rotatable bonds is 3. The van der Waals surface area contributed by atoms with Crippen molar-refractivity contribution in [3.63, 3.8) is 0 Å². The molecule has 0 aromatic heterocycles. The SMILES string of the molecule is CC(C)CN[NH2+][O-]. The third kappa shape index (κ3) is 5.88. The summed E-state index contributed by atoms with van der Waals surface area (Å²) < 4.78 is 0. The molecule has 3 N–H and O–H groups in total. The number of nitrogens with two attached hydrogens (primary N) is 1. The van der Waals surface area contributed by atoms with Gasteiger partial charge in [0, 0.05) is 6.54 Å². The van der Waals surface area contributed by atoms with Crippen molar-refractivity contribution >= 4 is 0 Å². The van der Waals surface area contributed by atoms with Gasteiger partial charge >= 0.3 is 0 Å². The van der Waals surface area contributed by atoms with Gasteiger partial charge in [-0.2, -0.15) is 5.43 Å². The summed E-state index contributed by atoms with van der Waals surface area (Å²) in [6.07, 6.45) is 0. The summed E-state index contributed by atoms with van der Waals surface area (Å²) in [5, 5.41) is 9.60. The van der Waals surface area contributed by atoms with E-state index in [-0.39, 0.29) is 0 Å². The fourth-order valence-corrected chi connectivity index (χ4v) is 0.284. The zero-order chi connectivity index (χ0) is 5.70. The molecule has 7 heavy (non-hydrogen) atoms.